The Morgan fingerprint density at radius 1 is 1.30 bits per heavy atom. The second-order valence-corrected chi connectivity index (χ2v) is 7.04. The predicted octanol–water partition coefficient (Wildman–Crippen LogP) is 2.79. The molecule has 126 valence electrons. The maximum absolute atomic E-state index is 12.1. The summed E-state index contributed by atoms with van der Waals surface area (Å²) in [6.45, 7) is 5.59. The number of hydrogen-bond acceptors (Lipinski definition) is 3. The quantitative estimate of drug-likeness (QED) is 0.775. The molecule has 1 aliphatic heterocycles. The molecule has 1 saturated heterocycles. The number of carbonyl (C=O) groups excluding carboxylic acids is 1. The molecule has 1 aromatic carbocycles. The molecule has 1 aromatic rings. The minimum absolute atomic E-state index is 0.144. The summed E-state index contributed by atoms with van der Waals surface area (Å²) >= 11 is 0. The molecule has 23 heavy (non-hydrogen) atoms. The van der Waals surface area contributed by atoms with Crippen LogP contribution in [0.4, 0.5) is 0 Å². The van der Waals surface area contributed by atoms with Gasteiger partial charge in [0, 0.05) is 18.5 Å². The maximum Gasteiger partial charge on any atom is 0.220 e. The molecule has 0 radical (unpaired) electrons. The summed E-state index contributed by atoms with van der Waals surface area (Å²) in [5.41, 5.74) is 2.27. The molecule has 0 spiro atoms. The van der Waals surface area contributed by atoms with E-state index in [-0.39, 0.29) is 5.91 Å². The number of ether oxygens (including phenoxy) is 1. The summed E-state index contributed by atoms with van der Waals surface area (Å²) in [5.74, 6) is 2.47. The molecule has 1 unspecified atom stereocenters. The fraction of sp³-hybridized carbons (Fsp3) is 0.632. The zero-order valence-corrected chi connectivity index (χ0v) is 14.1. The van der Waals surface area contributed by atoms with E-state index in [0.29, 0.717) is 18.9 Å². The average molecular weight is 316 g/mol. The Morgan fingerprint density at radius 3 is 2.91 bits per heavy atom. The van der Waals surface area contributed by atoms with Gasteiger partial charge in [-0.2, -0.15) is 0 Å². The molecule has 3 rings (SSSR count). The minimum atomic E-state index is 0.144. The lowest BCUT2D eigenvalue weighted by molar-refractivity contribution is -0.121. The zero-order valence-electron chi connectivity index (χ0n) is 14.1. The van der Waals surface area contributed by atoms with Crippen molar-refractivity contribution in [3.05, 3.63) is 29.3 Å². The molecule has 1 aliphatic carbocycles. The molecule has 4 nitrogen and oxygen atoms in total. The smallest absolute Gasteiger partial charge is 0.220 e. The highest BCUT2D eigenvalue weighted by atomic mass is 16.5. The van der Waals surface area contributed by atoms with E-state index in [2.05, 4.69) is 35.8 Å². The van der Waals surface area contributed by atoms with Crippen LogP contribution in [0.15, 0.2) is 18.2 Å². The van der Waals surface area contributed by atoms with Gasteiger partial charge in [0.15, 0.2) is 0 Å². The second-order valence-electron chi connectivity index (χ2n) is 7.04. The van der Waals surface area contributed by atoms with E-state index in [9.17, 15) is 4.79 Å². The zero-order chi connectivity index (χ0) is 16.1. The van der Waals surface area contributed by atoms with Crippen LogP contribution in [-0.4, -0.2) is 25.6 Å². The fourth-order valence-corrected chi connectivity index (χ4v) is 3.01. The van der Waals surface area contributed by atoms with Crippen molar-refractivity contribution >= 4 is 5.91 Å². The Bertz CT molecular complexity index is 534. The number of benzene rings is 1. The molecular formula is C19H28N2O2. The summed E-state index contributed by atoms with van der Waals surface area (Å²) in [5, 5.41) is 6.39. The number of hydrogen-bond donors (Lipinski definition) is 2. The van der Waals surface area contributed by atoms with Crippen molar-refractivity contribution in [3.63, 3.8) is 0 Å². The van der Waals surface area contributed by atoms with Crippen LogP contribution in [0.2, 0.25) is 0 Å². The van der Waals surface area contributed by atoms with Crippen LogP contribution in [0.25, 0.3) is 0 Å². The van der Waals surface area contributed by atoms with Crippen molar-refractivity contribution < 1.29 is 9.53 Å². The Kier molecular flexibility index (Phi) is 5.55. The predicted molar refractivity (Wildman–Crippen MR) is 91.5 cm³/mol. The van der Waals surface area contributed by atoms with E-state index in [0.717, 1.165) is 43.3 Å². The Labute approximate surface area is 139 Å². The average Bonchev–Trinajstić information content (AvgIpc) is 3.23. The van der Waals surface area contributed by atoms with Crippen LogP contribution in [0.1, 0.15) is 43.2 Å². The van der Waals surface area contributed by atoms with Crippen LogP contribution in [-0.2, 0) is 11.3 Å². The highest BCUT2D eigenvalue weighted by Gasteiger charge is 2.22. The number of nitrogens with one attached hydrogen (secondary N) is 2. The number of carbonyl (C=O) groups is 1. The first-order chi connectivity index (χ1) is 11.2. The Hall–Kier alpha value is -1.55. The van der Waals surface area contributed by atoms with Gasteiger partial charge in [-0.3, -0.25) is 4.79 Å². The van der Waals surface area contributed by atoms with Gasteiger partial charge in [0.2, 0.25) is 5.91 Å². The topological polar surface area (TPSA) is 50.4 Å². The van der Waals surface area contributed by atoms with Crippen molar-refractivity contribution in [2.24, 2.45) is 11.8 Å². The number of amides is 1. The van der Waals surface area contributed by atoms with E-state index < -0.39 is 0 Å². The highest BCUT2D eigenvalue weighted by molar-refractivity contribution is 5.75. The van der Waals surface area contributed by atoms with Gasteiger partial charge in [-0.25, -0.2) is 0 Å². The first-order valence-electron chi connectivity index (χ1n) is 8.90. The van der Waals surface area contributed by atoms with Gasteiger partial charge >= 0.3 is 0 Å². The molecule has 4 heteroatoms. The summed E-state index contributed by atoms with van der Waals surface area (Å²) in [7, 11) is 0. The molecule has 2 aliphatic rings. The molecule has 1 saturated carbocycles. The lowest BCUT2D eigenvalue weighted by Gasteiger charge is -2.13. The Balaban J connectivity index is 1.46. The highest BCUT2D eigenvalue weighted by Crippen LogP contribution is 2.30. The molecule has 1 atom stereocenters. The van der Waals surface area contributed by atoms with E-state index in [1.54, 1.807) is 0 Å². The number of rotatable bonds is 8. The molecule has 1 heterocycles. The molecular weight excluding hydrogens is 288 g/mol. The van der Waals surface area contributed by atoms with Crippen LogP contribution >= 0.6 is 0 Å². The van der Waals surface area contributed by atoms with Gasteiger partial charge in [-0.05, 0) is 69.2 Å². The summed E-state index contributed by atoms with van der Waals surface area (Å²) in [6, 6.07) is 6.22. The standard InChI is InChI=1S/C19H28N2O2/c1-14-2-6-17(18(10-14)23-13-16-3-4-16)12-21-19(22)7-5-15-8-9-20-11-15/h2,6,10,15-16,20H,3-5,7-9,11-13H2,1H3,(H,21,22). The molecule has 2 N–H and O–H groups in total. The minimum Gasteiger partial charge on any atom is -0.493 e. The summed E-state index contributed by atoms with van der Waals surface area (Å²) < 4.78 is 5.96. The molecule has 0 bridgehead atoms. The van der Waals surface area contributed by atoms with Gasteiger partial charge in [0.25, 0.3) is 0 Å². The van der Waals surface area contributed by atoms with Crippen molar-refractivity contribution in [2.45, 2.75) is 45.6 Å². The van der Waals surface area contributed by atoms with Gasteiger partial charge in [0.1, 0.15) is 5.75 Å². The van der Waals surface area contributed by atoms with Crippen molar-refractivity contribution in [1.82, 2.24) is 10.6 Å². The molecule has 1 amide bonds. The first-order valence-corrected chi connectivity index (χ1v) is 8.90. The monoisotopic (exact) mass is 316 g/mol. The van der Waals surface area contributed by atoms with Crippen LogP contribution in [0.3, 0.4) is 0 Å². The van der Waals surface area contributed by atoms with Crippen molar-refractivity contribution in [2.75, 3.05) is 19.7 Å². The first kappa shape index (κ1) is 16.3. The lowest BCUT2D eigenvalue weighted by atomic mass is 10.0. The maximum atomic E-state index is 12.1. The summed E-state index contributed by atoms with van der Waals surface area (Å²) in [6.07, 6.45) is 5.38. The van der Waals surface area contributed by atoms with Crippen molar-refractivity contribution in [1.29, 1.82) is 0 Å². The number of aryl methyl sites for hydroxylation is 1. The van der Waals surface area contributed by atoms with E-state index in [1.165, 1.54) is 24.8 Å². The van der Waals surface area contributed by atoms with Crippen LogP contribution < -0.4 is 15.4 Å². The largest absolute Gasteiger partial charge is 0.493 e. The second kappa shape index (κ2) is 7.82. The van der Waals surface area contributed by atoms with Gasteiger partial charge < -0.3 is 15.4 Å². The van der Waals surface area contributed by atoms with E-state index in [1.807, 2.05) is 0 Å². The van der Waals surface area contributed by atoms with Gasteiger partial charge in [-0.1, -0.05) is 12.1 Å². The van der Waals surface area contributed by atoms with Crippen molar-refractivity contribution in [3.8, 4) is 5.75 Å². The molecule has 0 aromatic heterocycles. The summed E-state index contributed by atoms with van der Waals surface area (Å²) in [4.78, 5) is 12.1. The fourth-order valence-electron chi connectivity index (χ4n) is 3.01. The Morgan fingerprint density at radius 2 is 2.17 bits per heavy atom. The van der Waals surface area contributed by atoms with E-state index >= 15 is 0 Å². The molecule has 2 fully saturated rings. The lowest BCUT2D eigenvalue weighted by Crippen LogP contribution is -2.24. The van der Waals surface area contributed by atoms with Crippen LogP contribution in [0.5, 0.6) is 5.75 Å². The third-order valence-corrected chi connectivity index (χ3v) is 4.81. The third kappa shape index (κ3) is 5.24. The van der Waals surface area contributed by atoms with E-state index in [4.69, 9.17) is 4.74 Å². The normalized spacial score (nSPS) is 20.5. The third-order valence-electron chi connectivity index (χ3n) is 4.81. The SMILES string of the molecule is Cc1ccc(CNC(=O)CCC2CCNC2)c(OCC2CC2)c1. The van der Waals surface area contributed by atoms with Gasteiger partial charge in [-0.15, -0.1) is 0 Å². The van der Waals surface area contributed by atoms with Crippen LogP contribution in [0, 0.1) is 18.8 Å². The van der Waals surface area contributed by atoms with Gasteiger partial charge in [0.05, 0.1) is 6.61 Å².